The molecule has 0 bridgehead atoms. The van der Waals surface area contributed by atoms with Crippen LogP contribution in [0.15, 0.2) is 0 Å². The molecular weight excluding hydrogens is 208 g/mol. The Bertz CT molecular complexity index is 211. The van der Waals surface area contributed by atoms with Crippen LogP contribution in [0, 0.1) is 0 Å². The summed E-state index contributed by atoms with van der Waals surface area (Å²) in [6, 6.07) is 0.626. The second kappa shape index (κ2) is 6.61. The average molecular weight is 232 g/mol. The molecule has 1 rings (SSSR count). The summed E-state index contributed by atoms with van der Waals surface area (Å²) < 4.78 is 11.2. The van der Waals surface area contributed by atoms with Gasteiger partial charge in [0.05, 0.1) is 0 Å². The van der Waals surface area contributed by atoms with Crippen molar-refractivity contribution in [2.75, 3.05) is 32.9 Å². The van der Waals surface area contributed by atoms with Gasteiger partial charge in [-0.2, -0.15) is 0 Å². The van der Waals surface area contributed by atoms with Gasteiger partial charge in [-0.25, -0.2) is 0 Å². The van der Waals surface area contributed by atoms with Gasteiger partial charge in [0.15, 0.2) is 0 Å². The number of nitrogens with zero attached hydrogens (tertiary/aromatic N) is 1. The maximum atomic E-state index is 11.2. The highest BCUT2D eigenvalue weighted by atomic mass is 32.2. The van der Waals surface area contributed by atoms with Crippen molar-refractivity contribution in [3.8, 4) is 0 Å². The fourth-order valence-electron chi connectivity index (χ4n) is 1.89. The van der Waals surface area contributed by atoms with E-state index in [-0.39, 0.29) is 5.25 Å². The molecule has 15 heavy (non-hydrogen) atoms. The zero-order valence-electron chi connectivity index (χ0n) is 10.2. The van der Waals surface area contributed by atoms with Crippen LogP contribution in [0.1, 0.15) is 26.2 Å². The molecule has 90 valence electrons. The highest BCUT2D eigenvalue weighted by molar-refractivity contribution is 7.84. The highest BCUT2D eigenvalue weighted by Gasteiger charge is 2.15. The molecule has 3 unspecified atom stereocenters. The monoisotopic (exact) mass is 232 g/mol. The Morgan fingerprint density at radius 1 is 1.47 bits per heavy atom. The van der Waals surface area contributed by atoms with E-state index in [9.17, 15) is 4.21 Å². The van der Waals surface area contributed by atoms with Gasteiger partial charge in [-0.1, -0.05) is 0 Å². The summed E-state index contributed by atoms with van der Waals surface area (Å²) in [6.45, 7) is 5.33. The summed E-state index contributed by atoms with van der Waals surface area (Å²) >= 11 is 0. The van der Waals surface area contributed by atoms with Gasteiger partial charge < -0.3 is 10.2 Å². The number of likely N-dealkylation sites (tertiary alicyclic amines) is 1. The summed E-state index contributed by atoms with van der Waals surface area (Å²) in [5.74, 6) is 0. The molecule has 1 fully saturated rings. The van der Waals surface area contributed by atoms with Crippen LogP contribution in [0.2, 0.25) is 0 Å². The quantitative estimate of drug-likeness (QED) is 0.779. The van der Waals surface area contributed by atoms with E-state index < -0.39 is 10.8 Å². The molecule has 1 aliphatic rings. The Morgan fingerprint density at radius 3 is 2.87 bits per heavy atom. The second-order valence-corrected chi connectivity index (χ2v) is 6.45. The molecular formula is C11H24N2OS. The van der Waals surface area contributed by atoms with E-state index in [0.717, 1.165) is 6.54 Å². The summed E-state index contributed by atoms with van der Waals surface area (Å²) in [5, 5.41) is 3.81. The van der Waals surface area contributed by atoms with Crippen molar-refractivity contribution in [2.45, 2.75) is 37.5 Å². The number of hydrogen-bond acceptors (Lipinski definition) is 3. The zero-order valence-corrected chi connectivity index (χ0v) is 11.0. The standard InChI is InChI=1S/C11H24N2OS/c1-10(15(3)14)9-12-11-5-4-7-13(2)8-6-11/h10-12H,4-9H2,1-3H3. The molecule has 0 saturated carbocycles. The molecule has 3 atom stereocenters. The molecule has 0 aliphatic carbocycles. The van der Waals surface area contributed by atoms with Gasteiger partial charge in [0.25, 0.3) is 0 Å². The lowest BCUT2D eigenvalue weighted by Crippen LogP contribution is -2.36. The van der Waals surface area contributed by atoms with E-state index in [0.29, 0.717) is 6.04 Å². The Kier molecular flexibility index (Phi) is 5.79. The van der Waals surface area contributed by atoms with Gasteiger partial charge in [0.1, 0.15) is 0 Å². The van der Waals surface area contributed by atoms with Crippen LogP contribution >= 0.6 is 0 Å². The van der Waals surface area contributed by atoms with Crippen molar-refractivity contribution >= 4 is 10.8 Å². The van der Waals surface area contributed by atoms with Crippen LogP contribution in [-0.4, -0.2) is 53.3 Å². The minimum atomic E-state index is -0.699. The minimum Gasteiger partial charge on any atom is -0.313 e. The molecule has 0 spiro atoms. The molecule has 0 radical (unpaired) electrons. The smallest absolute Gasteiger partial charge is 0.0441 e. The van der Waals surface area contributed by atoms with Gasteiger partial charge in [0, 0.05) is 34.9 Å². The highest BCUT2D eigenvalue weighted by Crippen LogP contribution is 2.09. The van der Waals surface area contributed by atoms with Crippen LogP contribution in [-0.2, 0) is 10.8 Å². The molecule has 0 aromatic heterocycles. The van der Waals surface area contributed by atoms with Crippen LogP contribution < -0.4 is 5.32 Å². The topological polar surface area (TPSA) is 32.3 Å². The average Bonchev–Trinajstić information content (AvgIpc) is 2.39. The van der Waals surface area contributed by atoms with Crippen molar-refractivity contribution in [1.29, 1.82) is 0 Å². The predicted octanol–water partition coefficient (Wildman–Crippen LogP) is 0.827. The molecule has 1 N–H and O–H groups in total. The largest absolute Gasteiger partial charge is 0.313 e. The molecule has 3 nitrogen and oxygen atoms in total. The van der Waals surface area contributed by atoms with Crippen molar-refractivity contribution in [2.24, 2.45) is 0 Å². The van der Waals surface area contributed by atoms with Crippen LogP contribution in [0.25, 0.3) is 0 Å². The van der Waals surface area contributed by atoms with Crippen LogP contribution in [0.3, 0.4) is 0 Å². The molecule has 0 aromatic rings. The fraction of sp³-hybridized carbons (Fsp3) is 1.00. The SMILES string of the molecule is CC(CNC1CCCN(C)CC1)S(C)=O. The molecule has 1 heterocycles. The van der Waals surface area contributed by atoms with Crippen molar-refractivity contribution < 1.29 is 4.21 Å². The summed E-state index contributed by atoms with van der Waals surface area (Å²) in [4.78, 5) is 2.39. The van der Waals surface area contributed by atoms with E-state index in [1.54, 1.807) is 6.26 Å². The van der Waals surface area contributed by atoms with Gasteiger partial charge in [-0.3, -0.25) is 4.21 Å². The van der Waals surface area contributed by atoms with E-state index in [1.165, 1.54) is 32.4 Å². The number of hydrogen-bond donors (Lipinski definition) is 1. The Hall–Kier alpha value is 0.0700. The summed E-state index contributed by atoms with van der Waals surface area (Å²) in [6.07, 6.45) is 5.54. The first-order valence-corrected chi connectivity index (χ1v) is 7.46. The minimum absolute atomic E-state index is 0.269. The Morgan fingerprint density at radius 2 is 2.20 bits per heavy atom. The second-order valence-electron chi connectivity index (χ2n) is 4.65. The third kappa shape index (κ3) is 5.09. The van der Waals surface area contributed by atoms with Crippen LogP contribution in [0.4, 0.5) is 0 Å². The van der Waals surface area contributed by atoms with Gasteiger partial charge >= 0.3 is 0 Å². The number of nitrogens with one attached hydrogen (secondary N) is 1. The lowest BCUT2D eigenvalue weighted by molar-refractivity contribution is 0.344. The molecule has 1 saturated heterocycles. The van der Waals surface area contributed by atoms with E-state index in [4.69, 9.17) is 0 Å². The van der Waals surface area contributed by atoms with E-state index in [1.807, 2.05) is 6.92 Å². The van der Waals surface area contributed by atoms with Gasteiger partial charge in [-0.15, -0.1) is 0 Å². The number of rotatable bonds is 4. The Labute approximate surface area is 96.1 Å². The van der Waals surface area contributed by atoms with Crippen molar-refractivity contribution in [3.05, 3.63) is 0 Å². The molecule has 1 aliphatic heterocycles. The lowest BCUT2D eigenvalue weighted by Gasteiger charge is -2.18. The fourth-order valence-corrected chi connectivity index (χ4v) is 2.23. The normalized spacial score (nSPS) is 28.3. The first-order chi connectivity index (χ1) is 7.09. The predicted molar refractivity (Wildman–Crippen MR) is 66.7 cm³/mol. The van der Waals surface area contributed by atoms with E-state index in [2.05, 4.69) is 17.3 Å². The third-order valence-electron chi connectivity index (χ3n) is 3.21. The molecule has 4 heteroatoms. The first-order valence-electron chi connectivity index (χ1n) is 5.83. The first kappa shape index (κ1) is 13.1. The van der Waals surface area contributed by atoms with E-state index >= 15 is 0 Å². The summed E-state index contributed by atoms with van der Waals surface area (Å²) in [5.41, 5.74) is 0. The molecule has 0 aromatic carbocycles. The zero-order chi connectivity index (χ0) is 11.3. The third-order valence-corrected chi connectivity index (χ3v) is 4.51. The van der Waals surface area contributed by atoms with Crippen molar-refractivity contribution in [3.63, 3.8) is 0 Å². The maximum absolute atomic E-state index is 11.2. The lowest BCUT2D eigenvalue weighted by atomic mass is 10.1. The van der Waals surface area contributed by atoms with Crippen molar-refractivity contribution in [1.82, 2.24) is 10.2 Å². The van der Waals surface area contributed by atoms with Gasteiger partial charge in [-0.05, 0) is 46.3 Å². The Balaban J connectivity index is 2.23. The van der Waals surface area contributed by atoms with Crippen LogP contribution in [0.5, 0.6) is 0 Å². The maximum Gasteiger partial charge on any atom is 0.0441 e. The molecule has 0 amide bonds. The summed E-state index contributed by atoms with van der Waals surface area (Å²) in [7, 11) is 1.49. The van der Waals surface area contributed by atoms with Gasteiger partial charge in [0.2, 0.25) is 0 Å².